The van der Waals surface area contributed by atoms with Gasteiger partial charge in [-0.25, -0.2) is 4.79 Å². The first kappa shape index (κ1) is 19.8. The highest BCUT2D eigenvalue weighted by atomic mass is 16.3. The smallest absolute Gasteiger partial charge is 0.315 e. The van der Waals surface area contributed by atoms with Crippen molar-refractivity contribution < 1.29 is 9.90 Å². The van der Waals surface area contributed by atoms with Crippen LogP contribution >= 0.6 is 0 Å². The molecule has 0 fully saturated rings. The summed E-state index contributed by atoms with van der Waals surface area (Å²) in [6.07, 6.45) is 1.68. The van der Waals surface area contributed by atoms with Gasteiger partial charge in [-0.05, 0) is 57.1 Å². The summed E-state index contributed by atoms with van der Waals surface area (Å²) in [5, 5.41) is 15.4. The predicted molar refractivity (Wildman–Crippen MR) is 105 cm³/mol. The Morgan fingerprint density at radius 1 is 1.04 bits per heavy atom. The topological polar surface area (TPSA) is 64.6 Å². The Hall–Kier alpha value is -2.53. The lowest BCUT2D eigenvalue weighted by molar-refractivity contribution is 0.229. The van der Waals surface area contributed by atoms with Gasteiger partial charge in [-0.15, -0.1) is 0 Å². The van der Waals surface area contributed by atoms with Crippen LogP contribution in [-0.2, 0) is 6.42 Å². The molecule has 0 aliphatic carbocycles. The number of phenols is 1. The van der Waals surface area contributed by atoms with Gasteiger partial charge in [0.15, 0.2) is 0 Å². The highest BCUT2D eigenvalue weighted by Gasteiger charge is 2.16. The first-order valence-electron chi connectivity index (χ1n) is 8.98. The van der Waals surface area contributed by atoms with E-state index in [0.717, 1.165) is 30.5 Å². The molecule has 5 nitrogen and oxygen atoms in total. The Bertz CT molecular complexity index is 671. The third-order valence-corrected chi connectivity index (χ3v) is 4.23. The summed E-state index contributed by atoms with van der Waals surface area (Å²) in [4.78, 5) is 14.5. The number of aryl methyl sites for hydroxylation is 1. The molecule has 0 aliphatic heterocycles. The second kappa shape index (κ2) is 9.82. The zero-order valence-electron chi connectivity index (χ0n) is 15.8. The van der Waals surface area contributed by atoms with Gasteiger partial charge in [0.25, 0.3) is 0 Å². The van der Waals surface area contributed by atoms with Crippen LogP contribution in [0.25, 0.3) is 0 Å². The molecule has 2 rings (SSSR count). The van der Waals surface area contributed by atoms with E-state index in [4.69, 9.17) is 0 Å². The quantitative estimate of drug-likeness (QED) is 0.681. The van der Waals surface area contributed by atoms with E-state index in [1.807, 2.05) is 63.5 Å². The Balaban J connectivity index is 1.85. The summed E-state index contributed by atoms with van der Waals surface area (Å²) in [5.41, 5.74) is 2.24. The number of amides is 2. The maximum atomic E-state index is 12.4. The van der Waals surface area contributed by atoms with Crippen molar-refractivity contribution >= 4 is 6.03 Å². The minimum atomic E-state index is -0.154. The van der Waals surface area contributed by atoms with Crippen LogP contribution in [0.3, 0.4) is 0 Å². The fraction of sp³-hybridized carbons (Fsp3) is 0.381. The highest BCUT2D eigenvalue weighted by molar-refractivity contribution is 5.74. The third-order valence-electron chi connectivity index (χ3n) is 4.23. The minimum absolute atomic E-state index is 0.0552. The molecule has 2 aromatic rings. The molecule has 2 atom stereocenters. The van der Waals surface area contributed by atoms with Crippen molar-refractivity contribution in [3.05, 3.63) is 65.7 Å². The number of hydrogen-bond acceptors (Lipinski definition) is 3. The molecule has 5 heteroatoms. The number of hydrogen-bond donors (Lipinski definition) is 3. The molecule has 0 bridgehead atoms. The number of carbonyl (C=O) groups excluding carboxylic acids is 1. The fourth-order valence-electron chi connectivity index (χ4n) is 2.83. The van der Waals surface area contributed by atoms with Crippen LogP contribution in [0.2, 0.25) is 0 Å². The number of urea groups is 1. The lowest BCUT2D eigenvalue weighted by Crippen LogP contribution is -2.44. The average molecular weight is 355 g/mol. The number of benzene rings is 2. The highest BCUT2D eigenvalue weighted by Crippen LogP contribution is 2.14. The maximum Gasteiger partial charge on any atom is 0.315 e. The van der Waals surface area contributed by atoms with Crippen molar-refractivity contribution in [2.45, 2.75) is 31.8 Å². The summed E-state index contributed by atoms with van der Waals surface area (Å²) in [5.74, 6) is 0.271. The lowest BCUT2D eigenvalue weighted by atomic mass is 10.1. The summed E-state index contributed by atoms with van der Waals surface area (Å²) in [6, 6.07) is 17.0. The molecule has 0 radical (unpaired) electrons. The van der Waals surface area contributed by atoms with Gasteiger partial charge >= 0.3 is 6.03 Å². The zero-order chi connectivity index (χ0) is 18.9. The second-order valence-electron chi connectivity index (χ2n) is 6.95. The van der Waals surface area contributed by atoms with E-state index in [0.29, 0.717) is 0 Å². The third kappa shape index (κ3) is 6.76. The van der Waals surface area contributed by atoms with Gasteiger partial charge in [0.1, 0.15) is 5.75 Å². The molecule has 140 valence electrons. The number of rotatable bonds is 8. The van der Waals surface area contributed by atoms with Crippen LogP contribution in [-0.4, -0.2) is 42.7 Å². The normalized spacial score (nSPS) is 13.2. The van der Waals surface area contributed by atoms with Gasteiger partial charge < -0.3 is 20.6 Å². The number of phenolic OH excluding ortho intramolecular Hbond substituents is 1. The van der Waals surface area contributed by atoms with Crippen LogP contribution < -0.4 is 10.6 Å². The predicted octanol–water partition coefficient (Wildman–Crippen LogP) is 3.32. The van der Waals surface area contributed by atoms with Gasteiger partial charge in [-0.1, -0.05) is 42.5 Å². The van der Waals surface area contributed by atoms with Crippen molar-refractivity contribution in [3.63, 3.8) is 0 Å². The number of nitrogens with zero attached hydrogens (tertiary/aromatic N) is 1. The van der Waals surface area contributed by atoms with Crippen LogP contribution in [0.4, 0.5) is 4.79 Å². The number of aromatic hydroxyl groups is 1. The summed E-state index contributed by atoms with van der Waals surface area (Å²) < 4.78 is 0. The first-order valence-corrected chi connectivity index (χ1v) is 8.98. The Morgan fingerprint density at radius 2 is 1.69 bits per heavy atom. The zero-order valence-corrected chi connectivity index (χ0v) is 15.8. The van der Waals surface area contributed by atoms with Crippen molar-refractivity contribution in [2.24, 2.45) is 0 Å². The van der Waals surface area contributed by atoms with Gasteiger partial charge in [0, 0.05) is 12.6 Å². The molecule has 0 heterocycles. The van der Waals surface area contributed by atoms with Crippen LogP contribution in [0.1, 0.15) is 30.5 Å². The van der Waals surface area contributed by atoms with E-state index >= 15 is 0 Å². The average Bonchev–Trinajstić information content (AvgIpc) is 2.61. The molecule has 2 unspecified atom stereocenters. The summed E-state index contributed by atoms with van der Waals surface area (Å²) >= 11 is 0. The molecule has 2 aromatic carbocycles. The Labute approximate surface area is 156 Å². The van der Waals surface area contributed by atoms with E-state index in [9.17, 15) is 9.90 Å². The van der Waals surface area contributed by atoms with Crippen molar-refractivity contribution in [1.29, 1.82) is 0 Å². The molecule has 2 amide bonds. The van der Waals surface area contributed by atoms with Crippen molar-refractivity contribution in [3.8, 4) is 5.75 Å². The minimum Gasteiger partial charge on any atom is -0.508 e. The first-order chi connectivity index (χ1) is 12.4. The molecular formula is C21H29N3O2. The molecule has 0 saturated heterocycles. The Morgan fingerprint density at radius 3 is 2.31 bits per heavy atom. The second-order valence-corrected chi connectivity index (χ2v) is 6.95. The lowest BCUT2D eigenvalue weighted by Gasteiger charge is -2.24. The molecular weight excluding hydrogens is 326 g/mol. The Kier molecular flexibility index (Phi) is 7.48. The van der Waals surface area contributed by atoms with Gasteiger partial charge in [-0.3, -0.25) is 0 Å². The largest absolute Gasteiger partial charge is 0.508 e. The van der Waals surface area contributed by atoms with Crippen molar-refractivity contribution in [2.75, 3.05) is 20.6 Å². The number of likely N-dealkylation sites (N-methyl/N-ethyl adjacent to an activating group) is 1. The van der Waals surface area contributed by atoms with Gasteiger partial charge in [0.05, 0.1) is 6.04 Å². The molecule has 3 N–H and O–H groups in total. The monoisotopic (exact) mass is 355 g/mol. The molecule has 0 saturated carbocycles. The maximum absolute atomic E-state index is 12.4. The SMILES string of the molecule is CC(CCc1ccc(O)cc1)NC(=O)NC(CN(C)C)c1ccccc1. The standard InChI is InChI=1S/C21H29N3O2/c1-16(9-10-17-11-13-19(25)14-12-17)22-21(26)23-20(15-24(2)3)18-7-5-4-6-8-18/h4-8,11-14,16,20,25H,9-10,15H2,1-3H3,(H2,22,23,26). The summed E-state index contributed by atoms with van der Waals surface area (Å²) in [7, 11) is 3.99. The summed E-state index contributed by atoms with van der Waals surface area (Å²) in [6.45, 7) is 2.74. The molecule has 0 aromatic heterocycles. The number of carbonyl (C=O) groups is 1. The molecule has 0 spiro atoms. The van der Waals surface area contributed by atoms with E-state index < -0.39 is 0 Å². The van der Waals surface area contributed by atoms with Crippen molar-refractivity contribution in [1.82, 2.24) is 15.5 Å². The van der Waals surface area contributed by atoms with Gasteiger partial charge in [-0.2, -0.15) is 0 Å². The molecule has 26 heavy (non-hydrogen) atoms. The van der Waals surface area contributed by atoms with Crippen LogP contribution in [0, 0.1) is 0 Å². The van der Waals surface area contributed by atoms with Crippen LogP contribution in [0.15, 0.2) is 54.6 Å². The van der Waals surface area contributed by atoms with E-state index in [1.165, 1.54) is 0 Å². The van der Waals surface area contributed by atoms with Crippen LogP contribution in [0.5, 0.6) is 5.75 Å². The molecule has 0 aliphatic rings. The van der Waals surface area contributed by atoms with E-state index in [-0.39, 0.29) is 23.9 Å². The van der Waals surface area contributed by atoms with Gasteiger partial charge in [0.2, 0.25) is 0 Å². The fourth-order valence-corrected chi connectivity index (χ4v) is 2.83. The number of nitrogens with one attached hydrogen (secondary N) is 2. The van der Waals surface area contributed by atoms with E-state index in [2.05, 4.69) is 15.5 Å². The van der Waals surface area contributed by atoms with E-state index in [1.54, 1.807) is 12.1 Å².